The number of ether oxygens (including phenoxy) is 1. The maximum atomic E-state index is 11.9. The number of amides is 1. The smallest absolute Gasteiger partial charge is 0.332 e. The van der Waals surface area contributed by atoms with E-state index in [0.29, 0.717) is 0 Å². The van der Waals surface area contributed by atoms with Crippen LogP contribution >= 0.6 is 0 Å². The number of esters is 1. The fourth-order valence-electron chi connectivity index (χ4n) is 1.84. The number of rotatable bonds is 3. The van der Waals surface area contributed by atoms with Crippen LogP contribution in [-0.4, -0.2) is 61.9 Å². The Balaban J connectivity index is 2.71. The molecule has 1 aliphatic rings. The van der Waals surface area contributed by atoms with Crippen LogP contribution in [-0.2, 0) is 24.2 Å². The third-order valence-electron chi connectivity index (χ3n) is 2.76. The van der Waals surface area contributed by atoms with Gasteiger partial charge in [0.1, 0.15) is 0 Å². The van der Waals surface area contributed by atoms with Crippen molar-refractivity contribution in [3.63, 3.8) is 0 Å². The van der Waals surface area contributed by atoms with E-state index in [1.54, 1.807) is 13.8 Å². The lowest BCUT2D eigenvalue weighted by molar-refractivity contribution is -0.151. The SMILES string of the molecule is CCOC(=O)C(N)C(=O)N1CCS(=O)(=O)CC1C. The molecule has 0 aromatic heterocycles. The van der Waals surface area contributed by atoms with Crippen molar-refractivity contribution in [3.05, 3.63) is 0 Å². The first-order valence-electron chi connectivity index (χ1n) is 5.71. The third kappa shape index (κ3) is 3.42. The average molecular weight is 278 g/mol. The van der Waals surface area contributed by atoms with Gasteiger partial charge in [-0.15, -0.1) is 0 Å². The summed E-state index contributed by atoms with van der Waals surface area (Å²) in [5, 5.41) is 0. The molecule has 0 radical (unpaired) electrons. The van der Waals surface area contributed by atoms with E-state index < -0.39 is 33.8 Å². The summed E-state index contributed by atoms with van der Waals surface area (Å²) < 4.78 is 27.4. The number of carbonyl (C=O) groups excluding carboxylic acids is 2. The molecule has 0 aromatic carbocycles. The lowest BCUT2D eigenvalue weighted by atomic mass is 10.2. The first-order chi connectivity index (χ1) is 8.28. The second kappa shape index (κ2) is 5.66. The van der Waals surface area contributed by atoms with E-state index in [1.165, 1.54) is 4.90 Å². The van der Waals surface area contributed by atoms with Crippen molar-refractivity contribution in [1.82, 2.24) is 4.90 Å². The van der Waals surface area contributed by atoms with Gasteiger partial charge in [0.2, 0.25) is 0 Å². The van der Waals surface area contributed by atoms with Gasteiger partial charge in [0.05, 0.1) is 18.1 Å². The van der Waals surface area contributed by atoms with Crippen LogP contribution in [0.4, 0.5) is 0 Å². The summed E-state index contributed by atoms with van der Waals surface area (Å²) >= 11 is 0. The van der Waals surface area contributed by atoms with Crippen LogP contribution in [0.1, 0.15) is 13.8 Å². The number of nitrogens with zero attached hydrogens (tertiary/aromatic N) is 1. The molecule has 18 heavy (non-hydrogen) atoms. The van der Waals surface area contributed by atoms with Crippen LogP contribution in [0.3, 0.4) is 0 Å². The topological polar surface area (TPSA) is 107 Å². The Hall–Kier alpha value is -1.15. The minimum Gasteiger partial charge on any atom is -0.464 e. The van der Waals surface area contributed by atoms with E-state index >= 15 is 0 Å². The van der Waals surface area contributed by atoms with Gasteiger partial charge in [-0.1, -0.05) is 0 Å². The molecule has 104 valence electrons. The summed E-state index contributed by atoms with van der Waals surface area (Å²) in [6.45, 7) is 3.44. The Morgan fingerprint density at radius 1 is 1.50 bits per heavy atom. The molecule has 1 heterocycles. The Kier molecular flexibility index (Phi) is 4.69. The zero-order valence-electron chi connectivity index (χ0n) is 10.5. The van der Waals surface area contributed by atoms with E-state index in [2.05, 4.69) is 4.74 Å². The lowest BCUT2D eigenvalue weighted by Crippen LogP contribution is -2.56. The number of sulfone groups is 1. The highest BCUT2D eigenvalue weighted by molar-refractivity contribution is 7.91. The largest absolute Gasteiger partial charge is 0.464 e. The van der Waals surface area contributed by atoms with Crippen molar-refractivity contribution >= 4 is 21.7 Å². The van der Waals surface area contributed by atoms with Crippen LogP contribution in [0.2, 0.25) is 0 Å². The summed E-state index contributed by atoms with van der Waals surface area (Å²) in [7, 11) is -3.11. The summed E-state index contributed by atoms with van der Waals surface area (Å²) in [4.78, 5) is 24.6. The van der Waals surface area contributed by atoms with Gasteiger partial charge in [-0.05, 0) is 13.8 Å². The molecule has 1 amide bonds. The minimum absolute atomic E-state index is 0.0649. The standard InChI is InChI=1S/C10H18N2O5S/c1-3-17-10(14)8(11)9(13)12-4-5-18(15,16)6-7(12)2/h7-8H,3-6,11H2,1-2H3. The molecule has 2 atom stereocenters. The summed E-state index contributed by atoms with van der Waals surface area (Å²) in [6.07, 6.45) is 0. The quantitative estimate of drug-likeness (QED) is 0.498. The van der Waals surface area contributed by atoms with E-state index in [9.17, 15) is 18.0 Å². The van der Waals surface area contributed by atoms with E-state index in [4.69, 9.17) is 5.73 Å². The highest BCUT2D eigenvalue weighted by atomic mass is 32.2. The Labute approximate surface area is 106 Å². The second-order valence-electron chi connectivity index (χ2n) is 4.22. The van der Waals surface area contributed by atoms with Crippen molar-refractivity contribution < 1.29 is 22.7 Å². The lowest BCUT2D eigenvalue weighted by Gasteiger charge is -2.34. The predicted molar refractivity (Wildman–Crippen MR) is 64.4 cm³/mol. The zero-order valence-corrected chi connectivity index (χ0v) is 11.3. The molecule has 2 unspecified atom stereocenters. The normalized spacial score (nSPS) is 24.4. The van der Waals surface area contributed by atoms with Crippen LogP contribution in [0.5, 0.6) is 0 Å². The number of carbonyl (C=O) groups is 2. The van der Waals surface area contributed by atoms with Crippen LogP contribution < -0.4 is 5.73 Å². The van der Waals surface area contributed by atoms with Gasteiger partial charge in [0, 0.05) is 12.6 Å². The summed E-state index contributed by atoms with van der Waals surface area (Å²) in [5.41, 5.74) is 5.49. The Morgan fingerprint density at radius 3 is 2.61 bits per heavy atom. The molecule has 0 spiro atoms. The van der Waals surface area contributed by atoms with Crippen molar-refractivity contribution in [2.45, 2.75) is 25.9 Å². The van der Waals surface area contributed by atoms with Crippen LogP contribution in [0, 0.1) is 0 Å². The molecule has 0 aromatic rings. The first-order valence-corrected chi connectivity index (χ1v) is 7.53. The van der Waals surface area contributed by atoms with Gasteiger partial charge in [0.15, 0.2) is 15.9 Å². The highest BCUT2D eigenvalue weighted by Gasteiger charge is 2.36. The monoisotopic (exact) mass is 278 g/mol. The third-order valence-corrected chi connectivity index (χ3v) is 4.55. The van der Waals surface area contributed by atoms with Gasteiger partial charge in [0.25, 0.3) is 5.91 Å². The molecule has 0 saturated carbocycles. The molecule has 0 bridgehead atoms. The maximum Gasteiger partial charge on any atom is 0.332 e. The van der Waals surface area contributed by atoms with Crippen molar-refractivity contribution in [2.24, 2.45) is 5.73 Å². The predicted octanol–water partition coefficient (Wildman–Crippen LogP) is -1.48. The molecule has 1 saturated heterocycles. The average Bonchev–Trinajstić information content (AvgIpc) is 2.26. The maximum absolute atomic E-state index is 11.9. The number of hydrogen-bond acceptors (Lipinski definition) is 6. The van der Waals surface area contributed by atoms with Crippen molar-refractivity contribution in [2.75, 3.05) is 24.7 Å². The zero-order chi connectivity index (χ0) is 13.9. The molecule has 1 rings (SSSR count). The van der Waals surface area contributed by atoms with Gasteiger partial charge < -0.3 is 15.4 Å². The second-order valence-corrected chi connectivity index (χ2v) is 6.45. The van der Waals surface area contributed by atoms with Crippen LogP contribution in [0.25, 0.3) is 0 Å². The Bertz CT molecular complexity index is 434. The number of nitrogens with two attached hydrogens (primary N) is 1. The molecule has 2 N–H and O–H groups in total. The Morgan fingerprint density at radius 2 is 2.11 bits per heavy atom. The highest BCUT2D eigenvalue weighted by Crippen LogP contribution is 2.12. The molecule has 1 fully saturated rings. The first kappa shape index (κ1) is 14.9. The molecule has 1 aliphatic heterocycles. The fourth-order valence-corrected chi connectivity index (χ4v) is 3.39. The van der Waals surface area contributed by atoms with E-state index in [-0.39, 0.29) is 24.7 Å². The van der Waals surface area contributed by atoms with E-state index in [1.807, 2.05) is 0 Å². The molecule has 7 nitrogen and oxygen atoms in total. The van der Waals surface area contributed by atoms with Gasteiger partial charge in [-0.2, -0.15) is 0 Å². The summed E-state index contributed by atoms with van der Waals surface area (Å²) in [6, 6.07) is -1.86. The van der Waals surface area contributed by atoms with Crippen molar-refractivity contribution in [1.29, 1.82) is 0 Å². The minimum atomic E-state index is -3.11. The van der Waals surface area contributed by atoms with Gasteiger partial charge in [-0.25, -0.2) is 13.2 Å². The van der Waals surface area contributed by atoms with Crippen LogP contribution in [0.15, 0.2) is 0 Å². The molecular weight excluding hydrogens is 260 g/mol. The summed E-state index contributed by atoms with van der Waals surface area (Å²) in [5.74, 6) is -1.58. The fraction of sp³-hybridized carbons (Fsp3) is 0.800. The van der Waals surface area contributed by atoms with Gasteiger partial charge in [-0.3, -0.25) is 4.79 Å². The van der Waals surface area contributed by atoms with Gasteiger partial charge >= 0.3 is 5.97 Å². The van der Waals surface area contributed by atoms with E-state index in [0.717, 1.165) is 0 Å². The molecular formula is C10H18N2O5S. The number of hydrogen-bond donors (Lipinski definition) is 1. The van der Waals surface area contributed by atoms with Crippen molar-refractivity contribution in [3.8, 4) is 0 Å². The molecule has 0 aliphatic carbocycles. The molecule has 8 heteroatoms.